The second kappa shape index (κ2) is 13.9. The van der Waals surface area contributed by atoms with Crippen molar-refractivity contribution in [3.05, 3.63) is 211 Å². The van der Waals surface area contributed by atoms with Crippen LogP contribution in [0.2, 0.25) is 0 Å². The Labute approximate surface area is 315 Å². The van der Waals surface area contributed by atoms with Crippen molar-refractivity contribution in [2.24, 2.45) is 0 Å². The molecule has 2 heteroatoms. The van der Waals surface area contributed by atoms with E-state index >= 15 is 0 Å². The molecule has 0 saturated heterocycles. The van der Waals surface area contributed by atoms with E-state index in [1.807, 2.05) is 11.3 Å². The Morgan fingerprint density at radius 3 is 1.85 bits per heavy atom. The molecule has 0 spiro atoms. The first-order valence-electron chi connectivity index (χ1n) is 18.0. The summed E-state index contributed by atoms with van der Waals surface area (Å²) in [6.07, 6.45) is 4.37. The van der Waals surface area contributed by atoms with Crippen LogP contribution in [0.25, 0.3) is 65.5 Å². The standard InChI is InChI=1S/C51H37NS/c1-35(19-30-49-36(2)53-51-18-9-8-17-50(49)51)41-13-10-16-47(33-41)52(46-14-4-3-5-15-46)48-29-28-40-25-27-44(32-45(40)34-48)39-22-20-38(21-23-39)43-26-24-37-11-6-7-12-42(37)31-43/h3-34H,1H2,2H3/b30-19-. The van der Waals surface area contributed by atoms with Gasteiger partial charge in [0.2, 0.25) is 0 Å². The van der Waals surface area contributed by atoms with Crippen LogP contribution in [0.4, 0.5) is 17.1 Å². The van der Waals surface area contributed by atoms with Crippen LogP contribution >= 0.6 is 11.3 Å². The molecular formula is C51H37NS. The number of nitrogens with zero attached hydrogens (tertiary/aromatic N) is 1. The molecule has 0 N–H and O–H groups in total. The zero-order valence-electron chi connectivity index (χ0n) is 29.5. The summed E-state index contributed by atoms with van der Waals surface area (Å²) in [7, 11) is 0. The SMILES string of the molecule is C=C(/C=C\c1c(C)sc2ccccc12)c1cccc(N(c2ccccc2)c2ccc3ccc(-c4ccc(-c5ccc6ccccc6c5)cc4)cc3c2)c1. The fraction of sp³-hybridized carbons (Fsp3) is 0.0196. The predicted octanol–water partition coefficient (Wildman–Crippen LogP) is 15.0. The smallest absolute Gasteiger partial charge is 0.0468 e. The highest BCUT2D eigenvalue weighted by Gasteiger charge is 2.15. The number of para-hydroxylation sites is 1. The maximum atomic E-state index is 4.49. The molecule has 0 radical (unpaired) electrons. The van der Waals surface area contributed by atoms with Gasteiger partial charge in [-0.05, 0) is 127 Å². The highest BCUT2D eigenvalue weighted by Crippen LogP contribution is 2.39. The van der Waals surface area contributed by atoms with Gasteiger partial charge in [0.1, 0.15) is 0 Å². The fourth-order valence-electron chi connectivity index (χ4n) is 7.32. The molecule has 8 aromatic carbocycles. The van der Waals surface area contributed by atoms with E-state index in [0.29, 0.717) is 0 Å². The molecule has 0 saturated carbocycles. The average molecular weight is 696 g/mol. The van der Waals surface area contributed by atoms with Gasteiger partial charge in [-0.15, -0.1) is 11.3 Å². The second-order valence-corrected chi connectivity index (χ2v) is 14.8. The Hall–Kier alpha value is -6.48. The molecule has 252 valence electrons. The fourth-order valence-corrected chi connectivity index (χ4v) is 8.37. The topological polar surface area (TPSA) is 3.24 Å². The molecule has 0 aliphatic heterocycles. The lowest BCUT2D eigenvalue weighted by atomic mass is 9.97. The average Bonchev–Trinajstić information content (AvgIpc) is 3.54. The van der Waals surface area contributed by atoms with Gasteiger partial charge in [0.25, 0.3) is 0 Å². The lowest BCUT2D eigenvalue weighted by Gasteiger charge is -2.26. The van der Waals surface area contributed by atoms with Crippen molar-refractivity contribution in [2.45, 2.75) is 6.92 Å². The van der Waals surface area contributed by atoms with E-state index < -0.39 is 0 Å². The van der Waals surface area contributed by atoms with Crippen LogP contribution in [0.3, 0.4) is 0 Å². The first kappa shape index (κ1) is 32.4. The second-order valence-electron chi connectivity index (χ2n) is 13.5. The van der Waals surface area contributed by atoms with E-state index in [1.54, 1.807) is 0 Å². The highest BCUT2D eigenvalue weighted by atomic mass is 32.1. The van der Waals surface area contributed by atoms with E-state index in [0.717, 1.165) is 28.2 Å². The highest BCUT2D eigenvalue weighted by molar-refractivity contribution is 7.19. The van der Waals surface area contributed by atoms with E-state index in [4.69, 9.17) is 0 Å². The summed E-state index contributed by atoms with van der Waals surface area (Å²) in [6.45, 7) is 6.69. The molecule has 9 aromatic rings. The number of hydrogen-bond acceptors (Lipinski definition) is 2. The number of aryl methyl sites for hydroxylation is 1. The molecule has 0 amide bonds. The molecule has 1 heterocycles. The van der Waals surface area contributed by atoms with Crippen LogP contribution in [0, 0.1) is 6.92 Å². The van der Waals surface area contributed by atoms with Gasteiger partial charge in [-0.25, -0.2) is 0 Å². The first-order chi connectivity index (χ1) is 26.1. The summed E-state index contributed by atoms with van der Waals surface area (Å²) in [6, 6.07) is 65.6. The first-order valence-corrected chi connectivity index (χ1v) is 18.8. The van der Waals surface area contributed by atoms with E-state index in [-0.39, 0.29) is 0 Å². The van der Waals surface area contributed by atoms with Crippen LogP contribution in [-0.2, 0) is 0 Å². The van der Waals surface area contributed by atoms with Crippen LogP contribution < -0.4 is 4.90 Å². The van der Waals surface area contributed by atoms with Crippen molar-refractivity contribution in [2.75, 3.05) is 4.90 Å². The van der Waals surface area contributed by atoms with Gasteiger partial charge in [-0.3, -0.25) is 0 Å². The Kier molecular flexibility index (Phi) is 8.51. The minimum Gasteiger partial charge on any atom is -0.310 e. The number of benzene rings is 8. The third-order valence-electron chi connectivity index (χ3n) is 10.1. The van der Waals surface area contributed by atoms with E-state index in [9.17, 15) is 0 Å². The predicted molar refractivity (Wildman–Crippen MR) is 232 cm³/mol. The zero-order chi connectivity index (χ0) is 35.7. The van der Waals surface area contributed by atoms with E-state index in [2.05, 4.69) is 213 Å². The van der Waals surface area contributed by atoms with Crippen molar-refractivity contribution in [3.8, 4) is 22.3 Å². The van der Waals surface area contributed by atoms with Gasteiger partial charge in [0, 0.05) is 26.6 Å². The van der Waals surface area contributed by atoms with Crippen LogP contribution in [0.15, 0.2) is 195 Å². The van der Waals surface area contributed by atoms with Crippen LogP contribution in [0.1, 0.15) is 16.0 Å². The maximum absolute atomic E-state index is 4.49. The molecule has 0 bridgehead atoms. The lowest BCUT2D eigenvalue weighted by molar-refractivity contribution is 1.29. The van der Waals surface area contributed by atoms with Crippen molar-refractivity contribution < 1.29 is 0 Å². The largest absolute Gasteiger partial charge is 0.310 e. The van der Waals surface area contributed by atoms with Crippen molar-refractivity contribution >= 4 is 71.7 Å². The molecule has 0 unspecified atom stereocenters. The number of thiophene rings is 1. The summed E-state index contributed by atoms with van der Waals surface area (Å²) < 4.78 is 1.31. The van der Waals surface area contributed by atoms with E-state index in [1.165, 1.54) is 64.3 Å². The minimum absolute atomic E-state index is 0.976. The normalized spacial score (nSPS) is 11.5. The Morgan fingerprint density at radius 1 is 0.491 bits per heavy atom. The quantitative estimate of drug-likeness (QED) is 0.143. The maximum Gasteiger partial charge on any atom is 0.0468 e. The zero-order valence-corrected chi connectivity index (χ0v) is 30.4. The Morgan fingerprint density at radius 2 is 1.08 bits per heavy atom. The van der Waals surface area contributed by atoms with Crippen LogP contribution in [0.5, 0.6) is 0 Å². The number of anilines is 3. The summed E-state index contributed by atoms with van der Waals surface area (Å²) in [5, 5.41) is 6.22. The Bertz CT molecular complexity index is 2800. The van der Waals surface area contributed by atoms with Crippen LogP contribution in [-0.4, -0.2) is 0 Å². The lowest BCUT2D eigenvalue weighted by Crippen LogP contribution is -2.10. The third kappa shape index (κ3) is 6.46. The van der Waals surface area contributed by atoms with Crippen molar-refractivity contribution in [1.29, 1.82) is 0 Å². The van der Waals surface area contributed by atoms with Gasteiger partial charge in [-0.1, -0.05) is 146 Å². The molecular weight excluding hydrogens is 659 g/mol. The molecule has 0 atom stereocenters. The number of allylic oxidation sites excluding steroid dienone is 2. The van der Waals surface area contributed by atoms with Crippen molar-refractivity contribution in [3.63, 3.8) is 0 Å². The molecule has 0 fully saturated rings. The summed E-state index contributed by atoms with van der Waals surface area (Å²) >= 11 is 1.84. The molecule has 0 aliphatic carbocycles. The molecule has 1 nitrogen and oxygen atoms in total. The molecule has 9 rings (SSSR count). The molecule has 53 heavy (non-hydrogen) atoms. The number of hydrogen-bond donors (Lipinski definition) is 0. The summed E-state index contributed by atoms with van der Waals surface area (Å²) in [5.41, 5.74) is 11.5. The minimum atomic E-state index is 0.976. The summed E-state index contributed by atoms with van der Waals surface area (Å²) in [4.78, 5) is 3.65. The van der Waals surface area contributed by atoms with Gasteiger partial charge in [0.05, 0.1) is 0 Å². The number of fused-ring (bicyclic) bond motifs is 3. The van der Waals surface area contributed by atoms with Gasteiger partial charge >= 0.3 is 0 Å². The number of rotatable bonds is 8. The third-order valence-corrected chi connectivity index (χ3v) is 11.2. The monoisotopic (exact) mass is 695 g/mol. The summed E-state index contributed by atoms with van der Waals surface area (Å²) in [5.74, 6) is 0. The van der Waals surface area contributed by atoms with Crippen molar-refractivity contribution in [1.82, 2.24) is 0 Å². The van der Waals surface area contributed by atoms with Gasteiger partial charge in [-0.2, -0.15) is 0 Å². The molecule has 0 aliphatic rings. The van der Waals surface area contributed by atoms with Gasteiger partial charge in [0.15, 0.2) is 0 Å². The molecule has 1 aromatic heterocycles. The van der Waals surface area contributed by atoms with Gasteiger partial charge < -0.3 is 4.90 Å². The Balaban J connectivity index is 1.04.